The number of likely N-dealkylation sites (tertiary alicyclic amines) is 1. The van der Waals surface area contributed by atoms with Crippen molar-refractivity contribution in [3.63, 3.8) is 0 Å². The van der Waals surface area contributed by atoms with E-state index in [0.717, 1.165) is 31.8 Å². The summed E-state index contributed by atoms with van der Waals surface area (Å²) >= 11 is 0. The van der Waals surface area contributed by atoms with Gasteiger partial charge in [-0.15, -0.1) is 5.10 Å². The van der Waals surface area contributed by atoms with Crippen molar-refractivity contribution in [2.75, 3.05) is 53.1 Å². The summed E-state index contributed by atoms with van der Waals surface area (Å²) in [5.74, 6) is 0.706. The maximum atomic E-state index is 13.1. The van der Waals surface area contributed by atoms with E-state index >= 15 is 0 Å². The molecule has 0 saturated carbocycles. The van der Waals surface area contributed by atoms with Crippen LogP contribution in [0.3, 0.4) is 0 Å². The van der Waals surface area contributed by atoms with Crippen LogP contribution in [0.5, 0.6) is 0 Å². The van der Waals surface area contributed by atoms with Crippen LogP contribution in [0.1, 0.15) is 29.0 Å². The van der Waals surface area contributed by atoms with E-state index in [1.807, 2.05) is 4.90 Å². The maximum Gasteiger partial charge on any atom is 0.257 e. The van der Waals surface area contributed by atoms with Crippen LogP contribution in [-0.4, -0.2) is 99.0 Å². The van der Waals surface area contributed by atoms with Gasteiger partial charge in [0.05, 0.1) is 31.9 Å². The molecule has 1 atom stereocenters. The predicted octanol–water partition coefficient (Wildman–Crippen LogP) is -0.427. The van der Waals surface area contributed by atoms with E-state index in [9.17, 15) is 4.79 Å². The zero-order valence-corrected chi connectivity index (χ0v) is 16.6. The summed E-state index contributed by atoms with van der Waals surface area (Å²) in [5, 5.41) is 12.5. The first-order valence-electron chi connectivity index (χ1n) is 9.87. The molecule has 2 aromatic rings. The number of ether oxygens (including phenoxy) is 2. The first-order chi connectivity index (χ1) is 14.2. The molecule has 4 rings (SSSR count). The van der Waals surface area contributed by atoms with Gasteiger partial charge in [-0.25, -0.2) is 14.6 Å². The Kier molecular flexibility index (Phi) is 6.07. The highest BCUT2D eigenvalue weighted by Gasteiger charge is 2.47. The second-order valence-corrected chi connectivity index (χ2v) is 7.31. The van der Waals surface area contributed by atoms with Crippen LogP contribution < -0.4 is 0 Å². The Morgan fingerprint density at radius 2 is 2.03 bits per heavy atom. The van der Waals surface area contributed by atoms with Crippen LogP contribution in [0.15, 0.2) is 18.7 Å². The summed E-state index contributed by atoms with van der Waals surface area (Å²) < 4.78 is 12.6. The molecule has 2 aromatic heterocycles. The Morgan fingerprint density at radius 3 is 2.79 bits per heavy atom. The number of aromatic nitrogens is 6. The van der Waals surface area contributed by atoms with E-state index < -0.39 is 5.54 Å². The molecular formula is C18H26N8O3. The Labute approximate surface area is 169 Å². The molecule has 0 aliphatic carbocycles. The van der Waals surface area contributed by atoms with E-state index in [0.29, 0.717) is 45.0 Å². The first-order valence-corrected chi connectivity index (χ1v) is 9.87. The third-order valence-electron chi connectivity index (χ3n) is 5.64. The number of amides is 1. The highest BCUT2D eigenvalue weighted by atomic mass is 16.5. The zero-order chi connectivity index (χ0) is 20.1. The summed E-state index contributed by atoms with van der Waals surface area (Å²) in [5.41, 5.74) is 0.0224. The van der Waals surface area contributed by atoms with Gasteiger partial charge >= 0.3 is 0 Å². The van der Waals surface area contributed by atoms with Gasteiger partial charge in [0, 0.05) is 45.7 Å². The lowest BCUT2D eigenvalue weighted by Gasteiger charge is -2.49. The van der Waals surface area contributed by atoms with Gasteiger partial charge in [0.2, 0.25) is 0 Å². The minimum absolute atomic E-state index is 0.0705. The largest absolute Gasteiger partial charge is 0.383 e. The number of hydrogen-bond acceptors (Lipinski definition) is 9. The van der Waals surface area contributed by atoms with Crippen LogP contribution in [0, 0.1) is 0 Å². The average molecular weight is 402 g/mol. The molecule has 0 aromatic carbocycles. The van der Waals surface area contributed by atoms with Crippen molar-refractivity contribution in [2.45, 2.75) is 24.9 Å². The molecule has 2 fully saturated rings. The van der Waals surface area contributed by atoms with Gasteiger partial charge in [0.25, 0.3) is 5.91 Å². The zero-order valence-electron chi connectivity index (χ0n) is 16.6. The molecule has 2 aliphatic rings. The van der Waals surface area contributed by atoms with Crippen molar-refractivity contribution >= 4 is 5.91 Å². The van der Waals surface area contributed by atoms with E-state index in [1.54, 1.807) is 24.2 Å². The van der Waals surface area contributed by atoms with Gasteiger partial charge in [0.1, 0.15) is 11.9 Å². The number of nitrogens with zero attached hydrogens (tertiary/aromatic N) is 8. The molecule has 4 heterocycles. The van der Waals surface area contributed by atoms with Crippen LogP contribution in [-0.2, 0) is 21.6 Å². The fourth-order valence-corrected chi connectivity index (χ4v) is 4.24. The minimum atomic E-state index is -0.468. The van der Waals surface area contributed by atoms with Gasteiger partial charge < -0.3 is 14.4 Å². The van der Waals surface area contributed by atoms with Crippen LogP contribution >= 0.6 is 0 Å². The topological polar surface area (TPSA) is 111 Å². The van der Waals surface area contributed by atoms with Crippen molar-refractivity contribution in [2.24, 2.45) is 0 Å². The summed E-state index contributed by atoms with van der Waals surface area (Å²) in [4.78, 5) is 25.3. The lowest BCUT2D eigenvalue weighted by Crippen LogP contribution is -2.61. The average Bonchev–Trinajstić information content (AvgIpc) is 3.27. The molecule has 1 unspecified atom stereocenters. The number of morpholine rings is 1. The van der Waals surface area contributed by atoms with Crippen LogP contribution in [0.4, 0.5) is 0 Å². The number of tetrazole rings is 1. The monoisotopic (exact) mass is 402 g/mol. The third kappa shape index (κ3) is 3.98. The second-order valence-electron chi connectivity index (χ2n) is 7.31. The number of hydrogen-bond donors (Lipinski definition) is 0. The van der Waals surface area contributed by atoms with Crippen LogP contribution in [0.2, 0.25) is 0 Å². The van der Waals surface area contributed by atoms with Crippen molar-refractivity contribution in [1.82, 2.24) is 40.0 Å². The Balaban J connectivity index is 1.67. The molecule has 11 heteroatoms. The molecule has 29 heavy (non-hydrogen) atoms. The second kappa shape index (κ2) is 8.89. The lowest BCUT2D eigenvalue weighted by atomic mass is 9.85. The number of methoxy groups -OCH3 is 1. The highest BCUT2D eigenvalue weighted by molar-refractivity contribution is 5.93. The molecule has 2 aliphatic heterocycles. The summed E-state index contributed by atoms with van der Waals surface area (Å²) in [7, 11) is 1.66. The van der Waals surface area contributed by atoms with Gasteiger partial charge in [-0.05, 0) is 23.3 Å². The fraction of sp³-hybridized carbons (Fsp3) is 0.667. The van der Waals surface area contributed by atoms with Gasteiger partial charge in [0.15, 0.2) is 5.82 Å². The fourth-order valence-electron chi connectivity index (χ4n) is 4.24. The first kappa shape index (κ1) is 19.8. The molecule has 1 amide bonds. The van der Waals surface area contributed by atoms with Crippen molar-refractivity contribution in [3.05, 3.63) is 30.1 Å². The molecule has 0 bridgehead atoms. The molecule has 156 valence electrons. The number of rotatable bonds is 6. The van der Waals surface area contributed by atoms with Crippen molar-refractivity contribution < 1.29 is 14.3 Å². The quantitative estimate of drug-likeness (QED) is 0.635. The number of carbonyl (C=O) groups is 1. The molecule has 0 radical (unpaired) electrons. The van der Waals surface area contributed by atoms with E-state index in [2.05, 4.69) is 30.4 Å². The Bertz CT molecular complexity index is 810. The SMILES string of the molecule is COCCn1nnnc1C1(N2CCOCC2)CCCN(C(=O)c2cncnc2)C1. The smallest absolute Gasteiger partial charge is 0.257 e. The summed E-state index contributed by atoms with van der Waals surface area (Å²) in [6.07, 6.45) is 6.27. The van der Waals surface area contributed by atoms with Crippen molar-refractivity contribution in [1.29, 1.82) is 0 Å². The maximum absolute atomic E-state index is 13.1. The number of piperidine rings is 1. The summed E-state index contributed by atoms with van der Waals surface area (Å²) in [6.45, 7) is 5.12. The normalized spacial score (nSPS) is 23.3. The van der Waals surface area contributed by atoms with Crippen molar-refractivity contribution in [3.8, 4) is 0 Å². The highest BCUT2D eigenvalue weighted by Crippen LogP contribution is 2.37. The van der Waals surface area contributed by atoms with Gasteiger partial charge in [-0.1, -0.05) is 0 Å². The van der Waals surface area contributed by atoms with E-state index in [4.69, 9.17) is 9.47 Å². The Morgan fingerprint density at radius 1 is 1.24 bits per heavy atom. The minimum Gasteiger partial charge on any atom is -0.383 e. The molecule has 0 spiro atoms. The van der Waals surface area contributed by atoms with Gasteiger partial charge in [-0.2, -0.15) is 0 Å². The van der Waals surface area contributed by atoms with Crippen LogP contribution in [0.25, 0.3) is 0 Å². The predicted molar refractivity (Wildman–Crippen MR) is 101 cm³/mol. The third-order valence-corrected chi connectivity index (χ3v) is 5.64. The summed E-state index contributed by atoms with van der Waals surface area (Å²) in [6, 6.07) is 0. The van der Waals surface area contributed by atoms with E-state index in [-0.39, 0.29) is 5.91 Å². The molecule has 0 N–H and O–H groups in total. The Hall–Kier alpha value is -2.50. The standard InChI is InChI=1S/C18H26N8O3/c1-28-8-7-26-17(21-22-23-26)18(25-5-9-29-10-6-25)3-2-4-24(13-18)16(27)15-11-19-14-20-12-15/h11-12,14H,2-10,13H2,1H3. The lowest BCUT2D eigenvalue weighted by molar-refractivity contribution is -0.0573. The molecule has 11 nitrogen and oxygen atoms in total. The molecule has 2 saturated heterocycles. The van der Waals surface area contributed by atoms with E-state index in [1.165, 1.54) is 6.33 Å². The number of carbonyl (C=O) groups excluding carboxylic acids is 1. The molecular weight excluding hydrogens is 376 g/mol. The van der Waals surface area contributed by atoms with Gasteiger partial charge in [-0.3, -0.25) is 9.69 Å².